The molecule has 0 saturated heterocycles. The largest absolute Gasteiger partial charge is 0.481 e. The number of aliphatic hydroxyl groups is 1. The van der Waals surface area contributed by atoms with Crippen LogP contribution in [0.2, 0.25) is 0 Å². The number of hydrogen-bond acceptors (Lipinski definition) is 3. The van der Waals surface area contributed by atoms with E-state index in [9.17, 15) is 14.7 Å². The minimum absolute atomic E-state index is 0.0476. The minimum Gasteiger partial charge on any atom is -0.481 e. The van der Waals surface area contributed by atoms with Gasteiger partial charge in [-0.25, -0.2) is 0 Å². The molecule has 2 N–H and O–H groups in total. The maximum absolute atomic E-state index is 12.7. The number of rotatable bonds is 10. The van der Waals surface area contributed by atoms with Gasteiger partial charge in [0.25, 0.3) is 0 Å². The number of carboxylic acid groups (broad SMARTS) is 1. The molecular weight excluding hydrogens is 316 g/mol. The van der Waals surface area contributed by atoms with E-state index in [1.54, 1.807) is 0 Å². The van der Waals surface area contributed by atoms with Crippen LogP contribution in [0.15, 0.2) is 23.8 Å². The molecule has 0 amide bonds. The van der Waals surface area contributed by atoms with Crippen LogP contribution in [0.4, 0.5) is 0 Å². The lowest BCUT2D eigenvalue weighted by molar-refractivity contribution is -0.137. The van der Waals surface area contributed by atoms with Crippen LogP contribution in [-0.2, 0) is 9.59 Å². The van der Waals surface area contributed by atoms with Gasteiger partial charge in [0.2, 0.25) is 0 Å². The molecule has 0 bridgehead atoms. The average molecular weight is 348 g/mol. The van der Waals surface area contributed by atoms with Crippen molar-refractivity contribution in [2.45, 2.75) is 77.2 Å². The van der Waals surface area contributed by atoms with E-state index in [0.29, 0.717) is 19.3 Å². The molecule has 4 heteroatoms. The molecule has 0 aliphatic heterocycles. The number of ketones is 1. The van der Waals surface area contributed by atoms with E-state index < -0.39 is 12.1 Å². The van der Waals surface area contributed by atoms with Crippen molar-refractivity contribution in [1.29, 1.82) is 0 Å². The van der Waals surface area contributed by atoms with E-state index >= 15 is 0 Å². The topological polar surface area (TPSA) is 74.6 Å². The fraction of sp³-hybridized carbons (Fsp3) is 0.714. The number of allylic oxidation sites excluding steroid dienone is 3. The lowest BCUT2D eigenvalue weighted by Gasteiger charge is -2.16. The number of aliphatic carboxylic acids is 1. The SMILES string of the molecule is CCCCCCC=C[C@@H]1[C@H]2C(=O)C(=CCCCC(=O)O)C[C@H]2C[C@H]1O. The van der Waals surface area contributed by atoms with E-state index in [-0.39, 0.29) is 30.0 Å². The molecule has 0 unspecified atom stereocenters. The van der Waals surface area contributed by atoms with Gasteiger partial charge in [-0.3, -0.25) is 9.59 Å². The predicted octanol–water partition coefficient (Wildman–Crippen LogP) is 4.28. The third-order valence-corrected chi connectivity index (χ3v) is 5.58. The maximum atomic E-state index is 12.7. The van der Waals surface area contributed by atoms with Crippen molar-refractivity contribution in [2.75, 3.05) is 0 Å². The molecule has 0 aromatic rings. The Morgan fingerprint density at radius 2 is 2.00 bits per heavy atom. The second-order valence-corrected chi connectivity index (χ2v) is 7.53. The van der Waals surface area contributed by atoms with Gasteiger partial charge in [-0.15, -0.1) is 0 Å². The highest BCUT2D eigenvalue weighted by atomic mass is 16.4. The van der Waals surface area contributed by atoms with Crippen LogP contribution in [0.5, 0.6) is 0 Å². The van der Waals surface area contributed by atoms with Gasteiger partial charge in [0.1, 0.15) is 0 Å². The summed E-state index contributed by atoms with van der Waals surface area (Å²) in [5.41, 5.74) is 0.855. The quantitative estimate of drug-likeness (QED) is 0.351. The molecule has 0 aromatic carbocycles. The zero-order valence-electron chi connectivity index (χ0n) is 15.3. The van der Waals surface area contributed by atoms with E-state index in [1.807, 2.05) is 6.08 Å². The first-order valence-electron chi connectivity index (χ1n) is 9.84. The molecule has 2 rings (SSSR count). The van der Waals surface area contributed by atoms with Gasteiger partial charge >= 0.3 is 5.97 Å². The monoisotopic (exact) mass is 348 g/mol. The fourth-order valence-electron chi connectivity index (χ4n) is 4.27. The second-order valence-electron chi connectivity index (χ2n) is 7.53. The van der Waals surface area contributed by atoms with Crippen LogP contribution in [0.3, 0.4) is 0 Å². The Balaban J connectivity index is 1.87. The number of hydrogen-bond donors (Lipinski definition) is 2. The summed E-state index contributed by atoms with van der Waals surface area (Å²) in [4.78, 5) is 23.3. The third kappa shape index (κ3) is 5.53. The number of carbonyl (C=O) groups is 2. The van der Waals surface area contributed by atoms with Crippen molar-refractivity contribution in [3.8, 4) is 0 Å². The first-order valence-corrected chi connectivity index (χ1v) is 9.84. The Morgan fingerprint density at radius 1 is 1.20 bits per heavy atom. The molecule has 2 aliphatic carbocycles. The molecule has 25 heavy (non-hydrogen) atoms. The van der Waals surface area contributed by atoms with Crippen LogP contribution in [0.1, 0.15) is 71.1 Å². The van der Waals surface area contributed by atoms with Crippen molar-refractivity contribution < 1.29 is 19.8 Å². The number of carbonyl (C=O) groups excluding carboxylic acids is 1. The molecule has 0 aromatic heterocycles. The van der Waals surface area contributed by atoms with E-state index in [0.717, 1.165) is 18.4 Å². The van der Waals surface area contributed by atoms with Crippen LogP contribution in [0, 0.1) is 17.8 Å². The highest BCUT2D eigenvalue weighted by Gasteiger charge is 2.50. The van der Waals surface area contributed by atoms with Gasteiger partial charge in [-0.05, 0) is 50.0 Å². The second kappa shape index (κ2) is 9.91. The predicted molar refractivity (Wildman–Crippen MR) is 98.2 cm³/mol. The summed E-state index contributed by atoms with van der Waals surface area (Å²) in [6, 6.07) is 0. The highest BCUT2D eigenvalue weighted by Crippen LogP contribution is 2.48. The summed E-state index contributed by atoms with van der Waals surface area (Å²) in [5, 5.41) is 19.0. The molecule has 140 valence electrons. The molecule has 2 aliphatic rings. The van der Waals surface area contributed by atoms with Crippen molar-refractivity contribution in [3.05, 3.63) is 23.8 Å². The fourth-order valence-corrected chi connectivity index (χ4v) is 4.27. The number of unbranched alkanes of at least 4 members (excludes halogenated alkanes) is 5. The van der Waals surface area contributed by atoms with Crippen molar-refractivity contribution in [2.24, 2.45) is 17.8 Å². The van der Waals surface area contributed by atoms with Crippen molar-refractivity contribution >= 4 is 11.8 Å². The summed E-state index contributed by atoms with van der Waals surface area (Å²) in [6.45, 7) is 2.20. The molecule has 2 fully saturated rings. The van der Waals surface area contributed by atoms with Gasteiger partial charge in [-0.1, -0.05) is 44.4 Å². The van der Waals surface area contributed by atoms with Gasteiger partial charge in [0, 0.05) is 18.3 Å². The van der Waals surface area contributed by atoms with Crippen LogP contribution in [0.25, 0.3) is 0 Å². The normalized spacial score (nSPS) is 30.5. The summed E-state index contributed by atoms with van der Waals surface area (Å²) in [5.74, 6) is -0.484. The zero-order chi connectivity index (χ0) is 18.2. The summed E-state index contributed by atoms with van der Waals surface area (Å²) in [6.07, 6.45) is 14.5. The first kappa shape index (κ1) is 19.9. The zero-order valence-corrected chi connectivity index (χ0v) is 15.3. The Labute approximate surface area is 151 Å². The minimum atomic E-state index is -0.791. The van der Waals surface area contributed by atoms with Gasteiger partial charge in [-0.2, -0.15) is 0 Å². The van der Waals surface area contributed by atoms with Gasteiger partial charge in [0.05, 0.1) is 6.10 Å². The number of fused-ring (bicyclic) bond motifs is 1. The first-order chi connectivity index (χ1) is 12.0. The molecular formula is C21H32O4. The van der Waals surface area contributed by atoms with Crippen LogP contribution < -0.4 is 0 Å². The standard InChI is InChI=1S/C21H32O4/c1-2-3-4-5-6-7-11-17-18(22)14-16-13-15(21(25)20(16)17)10-8-9-12-19(23)24/h7,10-11,16-18,20,22H,2-6,8-9,12-14H2,1H3,(H,23,24)/t16-,17-,18+,20-/m0/s1. The summed E-state index contributed by atoms with van der Waals surface area (Å²) in [7, 11) is 0. The molecule has 0 radical (unpaired) electrons. The number of Topliss-reactive ketones (excluding diaryl/α,β-unsaturated/α-hetero) is 1. The summed E-state index contributed by atoms with van der Waals surface area (Å²) < 4.78 is 0. The van der Waals surface area contributed by atoms with E-state index in [2.05, 4.69) is 19.1 Å². The van der Waals surface area contributed by atoms with Crippen molar-refractivity contribution in [1.82, 2.24) is 0 Å². The third-order valence-electron chi connectivity index (χ3n) is 5.58. The smallest absolute Gasteiger partial charge is 0.303 e. The molecule has 4 nitrogen and oxygen atoms in total. The highest BCUT2D eigenvalue weighted by molar-refractivity contribution is 6.00. The van der Waals surface area contributed by atoms with Crippen molar-refractivity contribution in [3.63, 3.8) is 0 Å². The lowest BCUT2D eigenvalue weighted by Crippen LogP contribution is -2.22. The van der Waals surface area contributed by atoms with E-state index in [4.69, 9.17) is 5.11 Å². The number of carboxylic acids is 1. The van der Waals surface area contributed by atoms with Crippen LogP contribution >= 0.6 is 0 Å². The average Bonchev–Trinajstić information content (AvgIpc) is 3.03. The lowest BCUT2D eigenvalue weighted by atomic mass is 9.89. The van der Waals surface area contributed by atoms with Gasteiger partial charge in [0.15, 0.2) is 5.78 Å². The van der Waals surface area contributed by atoms with E-state index in [1.165, 1.54) is 25.7 Å². The Hall–Kier alpha value is -1.42. The molecule has 2 saturated carbocycles. The van der Waals surface area contributed by atoms with Gasteiger partial charge < -0.3 is 10.2 Å². The Kier molecular flexibility index (Phi) is 7.89. The Morgan fingerprint density at radius 3 is 2.72 bits per heavy atom. The molecule has 4 atom stereocenters. The molecule has 0 spiro atoms. The Bertz CT molecular complexity index is 520. The maximum Gasteiger partial charge on any atom is 0.303 e. The van der Waals surface area contributed by atoms with Crippen LogP contribution in [-0.4, -0.2) is 28.1 Å². The molecule has 0 heterocycles. The number of aliphatic hydroxyl groups excluding tert-OH is 1. The summed E-state index contributed by atoms with van der Waals surface area (Å²) >= 11 is 0.